The summed E-state index contributed by atoms with van der Waals surface area (Å²) in [6.07, 6.45) is 2.19. The molecule has 1 aromatic heterocycles. The Morgan fingerprint density at radius 1 is 1.35 bits per heavy atom. The molecule has 0 aliphatic carbocycles. The summed E-state index contributed by atoms with van der Waals surface area (Å²) < 4.78 is 1.24. The number of aromatic nitrogens is 2. The van der Waals surface area contributed by atoms with Gasteiger partial charge in [-0.15, -0.1) is 0 Å². The first-order valence-electron chi connectivity index (χ1n) is 6.02. The van der Waals surface area contributed by atoms with Crippen LogP contribution in [0.25, 0.3) is 0 Å². The van der Waals surface area contributed by atoms with E-state index in [-0.39, 0.29) is 11.4 Å². The summed E-state index contributed by atoms with van der Waals surface area (Å²) in [5.74, 6) is 0.367. The number of aromatic amines is 1. The summed E-state index contributed by atoms with van der Waals surface area (Å²) in [7, 11) is 0. The van der Waals surface area contributed by atoms with Crippen LogP contribution in [0.5, 0.6) is 5.88 Å². The van der Waals surface area contributed by atoms with Gasteiger partial charge in [-0.3, -0.25) is 14.3 Å². The lowest BCUT2D eigenvalue weighted by molar-refractivity contribution is 0.381. The van der Waals surface area contributed by atoms with Crippen LogP contribution in [0.2, 0.25) is 0 Å². The Labute approximate surface area is 100 Å². The molecule has 1 heterocycles. The largest absolute Gasteiger partial charge is 0.494 e. The van der Waals surface area contributed by atoms with Crippen molar-refractivity contribution in [2.24, 2.45) is 5.92 Å². The van der Waals surface area contributed by atoms with Crippen molar-refractivity contribution in [2.75, 3.05) is 0 Å². The minimum absolute atomic E-state index is 0.190. The molecule has 0 amide bonds. The van der Waals surface area contributed by atoms with Crippen molar-refractivity contribution < 1.29 is 5.11 Å². The standard InChI is InChI=1S/C12H20N2O3/c1-4-9-10(15)13-12(17)14(11(9)16)7-5-6-8(2)3/h8,16H,4-7H2,1-3H3,(H,13,15,17). The van der Waals surface area contributed by atoms with Gasteiger partial charge in [0.1, 0.15) is 0 Å². The van der Waals surface area contributed by atoms with E-state index in [0.717, 1.165) is 12.8 Å². The van der Waals surface area contributed by atoms with Gasteiger partial charge in [-0.05, 0) is 25.2 Å². The minimum Gasteiger partial charge on any atom is -0.494 e. The van der Waals surface area contributed by atoms with E-state index in [1.807, 2.05) is 0 Å². The number of hydrogen-bond donors (Lipinski definition) is 2. The predicted octanol–water partition coefficient (Wildman–Crippen LogP) is 1.24. The Balaban J connectivity index is 2.99. The molecule has 0 spiro atoms. The van der Waals surface area contributed by atoms with Crippen LogP contribution < -0.4 is 11.2 Å². The average Bonchev–Trinajstić information content (AvgIpc) is 2.22. The van der Waals surface area contributed by atoms with E-state index in [1.165, 1.54) is 4.57 Å². The highest BCUT2D eigenvalue weighted by molar-refractivity contribution is 5.22. The van der Waals surface area contributed by atoms with E-state index in [9.17, 15) is 14.7 Å². The molecule has 0 saturated heterocycles. The zero-order chi connectivity index (χ0) is 13.0. The number of aromatic hydroxyl groups is 1. The van der Waals surface area contributed by atoms with Crippen molar-refractivity contribution in [1.82, 2.24) is 9.55 Å². The normalized spacial score (nSPS) is 11.1. The maximum absolute atomic E-state index is 11.6. The van der Waals surface area contributed by atoms with Crippen molar-refractivity contribution in [2.45, 2.75) is 46.6 Å². The van der Waals surface area contributed by atoms with E-state index in [1.54, 1.807) is 6.92 Å². The molecule has 0 fully saturated rings. The first-order valence-corrected chi connectivity index (χ1v) is 6.02. The third-order valence-corrected chi connectivity index (χ3v) is 2.78. The van der Waals surface area contributed by atoms with E-state index in [0.29, 0.717) is 18.9 Å². The molecular weight excluding hydrogens is 220 g/mol. The monoisotopic (exact) mass is 240 g/mol. The van der Waals surface area contributed by atoms with Gasteiger partial charge < -0.3 is 5.11 Å². The Bertz CT molecular complexity index is 486. The van der Waals surface area contributed by atoms with E-state index in [2.05, 4.69) is 18.8 Å². The Hall–Kier alpha value is -1.52. The highest BCUT2D eigenvalue weighted by Crippen LogP contribution is 2.12. The summed E-state index contributed by atoms with van der Waals surface area (Å²) in [5.41, 5.74) is -0.752. The molecule has 5 heteroatoms. The topological polar surface area (TPSA) is 75.1 Å². The fourth-order valence-corrected chi connectivity index (χ4v) is 1.78. The third kappa shape index (κ3) is 3.22. The van der Waals surface area contributed by atoms with Gasteiger partial charge in [0, 0.05) is 6.54 Å². The molecule has 0 radical (unpaired) electrons. The Morgan fingerprint density at radius 3 is 2.53 bits per heavy atom. The van der Waals surface area contributed by atoms with Gasteiger partial charge in [-0.1, -0.05) is 20.8 Å². The maximum Gasteiger partial charge on any atom is 0.331 e. The highest BCUT2D eigenvalue weighted by atomic mass is 16.3. The molecule has 0 aromatic carbocycles. The fraction of sp³-hybridized carbons (Fsp3) is 0.667. The van der Waals surface area contributed by atoms with Gasteiger partial charge in [-0.25, -0.2) is 4.79 Å². The molecule has 1 aromatic rings. The van der Waals surface area contributed by atoms with Gasteiger partial charge in [0.2, 0.25) is 5.88 Å². The van der Waals surface area contributed by atoms with Crippen LogP contribution >= 0.6 is 0 Å². The maximum atomic E-state index is 11.6. The van der Waals surface area contributed by atoms with Gasteiger partial charge >= 0.3 is 5.69 Å². The zero-order valence-electron chi connectivity index (χ0n) is 10.6. The van der Waals surface area contributed by atoms with Gasteiger partial charge in [0.25, 0.3) is 5.56 Å². The van der Waals surface area contributed by atoms with E-state index in [4.69, 9.17) is 0 Å². The van der Waals surface area contributed by atoms with Crippen LogP contribution in [0.4, 0.5) is 0 Å². The lowest BCUT2D eigenvalue weighted by Crippen LogP contribution is -2.32. The summed E-state index contributed by atoms with van der Waals surface area (Å²) in [6.45, 7) is 6.42. The molecule has 17 heavy (non-hydrogen) atoms. The van der Waals surface area contributed by atoms with Crippen LogP contribution in [-0.4, -0.2) is 14.7 Å². The second kappa shape index (κ2) is 5.70. The number of H-pyrrole nitrogens is 1. The molecule has 96 valence electrons. The van der Waals surface area contributed by atoms with Crippen molar-refractivity contribution >= 4 is 0 Å². The molecule has 0 bridgehead atoms. The molecule has 2 N–H and O–H groups in total. The fourth-order valence-electron chi connectivity index (χ4n) is 1.78. The SMILES string of the molecule is CCc1c(O)n(CCCC(C)C)c(=O)[nH]c1=O. The van der Waals surface area contributed by atoms with Gasteiger partial charge in [-0.2, -0.15) is 0 Å². The second-order valence-electron chi connectivity index (χ2n) is 4.60. The smallest absolute Gasteiger partial charge is 0.331 e. The number of nitrogens with one attached hydrogen (secondary N) is 1. The molecule has 0 atom stereocenters. The highest BCUT2D eigenvalue weighted by Gasteiger charge is 2.11. The number of hydrogen-bond acceptors (Lipinski definition) is 3. The van der Waals surface area contributed by atoms with Crippen LogP contribution in [-0.2, 0) is 13.0 Å². The quantitative estimate of drug-likeness (QED) is 0.813. The van der Waals surface area contributed by atoms with Crippen LogP contribution in [0.1, 0.15) is 39.2 Å². The number of rotatable bonds is 5. The van der Waals surface area contributed by atoms with Gasteiger partial charge in [0.05, 0.1) is 5.56 Å². The van der Waals surface area contributed by atoms with Crippen molar-refractivity contribution in [3.05, 3.63) is 26.4 Å². The average molecular weight is 240 g/mol. The summed E-state index contributed by atoms with van der Waals surface area (Å²) >= 11 is 0. The lowest BCUT2D eigenvalue weighted by atomic mass is 10.1. The Kier molecular flexibility index (Phi) is 4.54. The molecule has 0 unspecified atom stereocenters. The molecular formula is C12H20N2O3. The van der Waals surface area contributed by atoms with Crippen molar-refractivity contribution in [3.8, 4) is 5.88 Å². The molecule has 1 rings (SSSR count). The molecule has 5 nitrogen and oxygen atoms in total. The minimum atomic E-state index is -0.534. The lowest BCUT2D eigenvalue weighted by Gasteiger charge is -2.11. The predicted molar refractivity (Wildman–Crippen MR) is 66.4 cm³/mol. The summed E-state index contributed by atoms with van der Waals surface area (Å²) in [6, 6.07) is 0. The van der Waals surface area contributed by atoms with Crippen molar-refractivity contribution in [1.29, 1.82) is 0 Å². The van der Waals surface area contributed by atoms with Gasteiger partial charge in [0.15, 0.2) is 0 Å². The summed E-state index contributed by atoms with van der Waals surface area (Å²) in [5, 5.41) is 9.86. The number of nitrogens with zero attached hydrogens (tertiary/aromatic N) is 1. The first-order chi connectivity index (χ1) is 7.97. The Morgan fingerprint density at radius 2 is 2.00 bits per heavy atom. The second-order valence-corrected chi connectivity index (χ2v) is 4.60. The van der Waals surface area contributed by atoms with E-state index < -0.39 is 11.2 Å². The van der Waals surface area contributed by atoms with E-state index >= 15 is 0 Å². The first kappa shape index (κ1) is 13.5. The third-order valence-electron chi connectivity index (χ3n) is 2.78. The van der Waals surface area contributed by atoms with Crippen LogP contribution in [0, 0.1) is 5.92 Å². The van der Waals surface area contributed by atoms with Crippen LogP contribution in [0.15, 0.2) is 9.59 Å². The molecule has 0 saturated carbocycles. The van der Waals surface area contributed by atoms with Crippen molar-refractivity contribution in [3.63, 3.8) is 0 Å². The molecule has 0 aliphatic rings. The van der Waals surface area contributed by atoms with Crippen LogP contribution in [0.3, 0.4) is 0 Å². The summed E-state index contributed by atoms with van der Waals surface area (Å²) in [4.78, 5) is 25.2. The zero-order valence-corrected chi connectivity index (χ0v) is 10.6. The molecule has 0 aliphatic heterocycles.